The Balaban J connectivity index is 1.52. The van der Waals surface area contributed by atoms with Crippen molar-refractivity contribution in [1.82, 2.24) is 15.5 Å². The number of carbonyl (C=O) groups excluding carboxylic acids is 2. The van der Waals surface area contributed by atoms with E-state index in [0.717, 1.165) is 16.9 Å². The molecule has 0 saturated carbocycles. The van der Waals surface area contributed by atoms with Crippen LogP contribution in [0.15, 0.2) is 54.6 Å². The number of nitrogens with one attached hydrogen (secondary N) is 2. The predicted molar refractivity (Wildman–Crippen MR) is 96.3 cm³/mol. The smallest absolute Gasteiger partial charge is 0.286 e. The maximum Gasteiger partial charge on any atom is 0.286 e. The minimum absolute atomic E-state index is 0.140. The van der Waals surface area contributed by atoms with Crippen molar-refractivity contribution in [1.29, 1.82) is 0 Å². The molecular weight excluding hydrogens is 355 g/mol. The summed E-state index contributed by atoms with van der Waals surface area (Å²) in [6.45, 7) is 0.191. The van der Waals surface area contributed by atoms with Gasteiger partial charge in [0.15, 0.2) is 0 Å². The number of benzene rings is 2. The van der Waals surface area contributed by atoms with Crippen molar-refractivity contribution >= 4 is 28.8 Å². The molecule has 1 aromatic heterocycles. The number of amides is 2. The molecule has 2 aromatic carbocycles. The minimum atomic E-state index is -0.477. The molecule has 8 heteroatoms. The van der Waals surface area contributed by atoms with Crippen molar-refractivity contribution in [2.24, 2.45) is 0 Å². The van der Waals surface area contributed by atoms with Gasteiger partial charge in [-0.05, 0) is 23.8 Å². The zero-order valence-corrected chi connectivity index (χ0v) is 14.4. The zero-order chi connectivity index (χ0) is 18.4. The van der Waals surface area contributed by atoms with Gasteiger partial charge in [-0.1, -0.05) is 47.7 Å². The van der Waals surface area contributed by atoms with E-state index in [1.807, 2.05) is 30.3 Å². The Kier molecular flexibility index (Phi) is 5.65. The Bertz CT molecular complexity index is 914. The SMILES string of the molecule is O=C(Cc1ccccc1)NCc1nnc(C(=O)Nc2cccc(F)c2)s1. The van der Waals surface area contributed by atoms with E-state index in [1.165, 1.54) is 18.2 Å². The number of carbonyl (C=O) groups is 2. The number of hydrogen-bond acceptors (Lipinski definition) is 5. The van der Waals surface area contributed by atoms with Crippen molar-refractivity contribution in [3.05, 3.63) is 76.0 Å². The molecule has 0 saturated heterocycles. The molecule has 0 unspecified atom stereocenters. The maximum atomic E-state index is 13.1. The van der Waals surface area contributed by atoms with Crippen LogP contribution in [0.5, 0.6) is 0 Å². The minimum Gasteiger partial charge on any atom is -0.349 e. The average molecular weight is 370 g/mol. The van der Waals surface area contributed by atoms with Crippen LogP contribution in [-0.2, 0) is 17.8 Å². The van der Waals surface area contributed by atoms with Gasteiger partial charge >= 0.3 is 0 Å². The van der Waals surface area contributed by atoms with Crippen LogP contribution >= 0.6 is 11.3 Å². The highest BCUT2D eigenvalue weighted by atomic mass is 32.1. The number of aromatic nitrogens is 2. The Morgan fingerprint density at radius 1 is 1.04 bits per heavy atom. The first kappa shape index (κ1) is 17.7. The summed E-state index contributed by atoms with van der Waals surface area (Å²) in [7, 11) is 0. The van der Waals surface area contributed by atoms with Crippen molar-refractivity contribution in [2.45, 2.75) is 13.0 Å². The van der Waals surface area contributed by atoms with Crippen molar-refractivity contribution < 1.29 is 14.0 Å². The van der Waals surface area contributed by atoms with Crippen molar-refractivity contribution in [3.8, 4) is 0 Å². The molecule has 0 aliphatic heterocycles. The largest absolute Gasteiger partial charge is 0.349 e. The van der Waals surface area contributed by atoms with E-state index < -0.39 is 11.7 Å². The molecule has 2 N–H and O–H groups in total. The van der Waals surface area contributed by atoms with Crippen LogP contribution < -0.4 is 10.6 Å². The molecule has 2 amide bonds. The van der Waals surface area contributed by atoms with E-state index in [-0.39, 0.29) is 23.9 Å². The summed E-state index contributed by atoms with van der Waals surface area (Å²) in [6, 6.07) is 15.0. The molecule has 6 nitrogen and oxygen atoms in total. The third-order valence-electron chi connectivity index (χ3n) is 3.39. The lowest BCUT2D eigenvalue weighted by Gasteiger charge is -2.03. The lowest BCUT2D eigenvalue weighted by Crippen LogP contribution is -2.24. The van der Waals surface area contributed by atoms with E-state index in [9.17, 15) is 14.0 Å². The fourth-order valence-corrected chi connectivity index (χ4v) is 2.86. The third kappa shape index (κ3) is 4.93. The van der Waals surface area contributed by atoms with Gasteiger partial charge < -0.3 is 10.6 Å². The van der Waals surface area contributed by atoms with Gasteiger partial charge in [0.05, 0.1) is 13.0 Å². The van der Waals surface area contributed by atoms with Crippen LogP contribution in [0.2, 0.25) is 0 Å². The van der Waals surface area contributed by atoms with Gasteiger partial charge in [0, 0.05) is 5.69 Å². The monoisotopic (exact) mass is 370 g/mol. The summed E-state index contributed by atoms with van der Waals surface area (Å²) in [4.78, 5) is 24.0. The van der Waals surface area contributed by atoms with Gasteiger partial charge in [0.25, 0.3) is 5.91 Å². The van der Waals surface area contributed by atoms with Gasteiger partial charge in [0.1, 0.15) is 10.8 Å². The van der Waals surface area contributed by atoms with E-state index >= 15 is 0 Å². The van der Waals surface area contributed by atoms with Crippen molar-refractivity contribution in [3.63, 3.8) is 0 Å². The molecule has 0 bridgehead atoms. The topological polar surface area (TPSA) is 84.0 Å². The highest BCUT2D eigenvalue weighted by molar-refractivity contribution is 7.13. The van der Waals surface area contributed by atoms with Crippen LogP contribution in [-0.4, -0.2) is 22.0 Å². The lowest BCUT2D eigenvalue weighted by molar-refractivity contribution is -0.120. The molecule has 26 heavy (non-hydrogen) atoms. The standard InChI is InChI=1S/C18H15FN4O2S/c19-13-7-4-8-14(10-13)21-17(25)18-23-22-16(26-18)11-20-15(24)9-12-5-2-1-3-6-12/h1-8,10H,9,11H2,(H,20,24)(H,21,25). The Morgan fingerprint density at radius 3 is 2.62 bits per heavy atom. The van der Waals surface area contributed by atoms with Gasteiger partial charge in [-0.3, -0.25) is 9.59 Å². The Hall–Kier alpha value is -3.13. The van der Waals surface area contributed by atoms with Gasteiger partial charge in [0.2, 0.25) is 10.9 Å². The highest BCUT2D eigenvalue weighted by Gasteiger charge is 2.14. The van der Waals surface area contributed by atoms with Crippen molar-refractivity contribution in [2.75, 3.05) is 5.32 Å². The third-order valence-corrected chi connectivity index (χ3v) is 4.31. The molecule has 0 fully saturated rings. The molecule has 3 rings (SSSR count). The number of rotatable bonds is 6. The molecule has 0 aliphatic rings. The van der Waals surface area contributed by atoms with Gasteiger partial charge in [-0.15, -0.1) is 10.2 Å². The lowest BCUT2D eigenvalue weighted by atomic mass is 10.1. The van der Waals surface area contributed by atoms with Crippen LogP contribution in [0.3, 0.4) is 0 Å². The van der Waals surface area contributed by atoms with E-state index in [4.69, 9.17) is 0 Å². The summed E-state index contributed by atoms with van der Waals surface area (Å²) >= 11 is 1.07. The zero-order valence-electron chi connectivity index (χ0n) is 13.6. The number of halogens is 1. The van der Waals surface area contributed by atoms with Crippen LogP contribution in [0.25, 0.3) is 0 Å². The number of hydrogen-bond donors (Lipinski definition) is 2. The molecule has 3 aromatic rings. The second kappa shape index (κ2) is 8.30. The maximum absolute atomic E-state index is 13.1. The molecule has 0 aliphatic carbocycles. The molecular formula is C18H15FN4O2S. The second-order valence-corrected chi connectivity index (χ2v) is 6.47. The molecule has 0 radical (unpaired) electrons. The Morgan fingerprint density at radius 2 is 1.85 bits per heavy atom. The van der Waals surface area contributed by atoms with Crippen LogP contribution in [0.4, 0.5) is 10.1 Å². The molecule has 132 valence electrons. The van der Waals surface area contributed by atoms with E-state index in [2.05, 4.69) is 20.8 Å². The molecule has 1 heterocycles. The van der Waals surface area contributed by atoms with Crippen LogP contribution in [0.1, 0.15) is 20.4 Å². The fourth-order valence-electron chi connectivity index (χ4n) is 2.19. The first-order chi connectivity index (χ1) is 12.6. The average Bonchev–Trinajstić information content (AvgIpc) is 3.10. The normalized spacial score (nSPS) is 10.3. The summed E-state index contributed by atoms with van der Waals surface area (Å²) < 4.78 is 13.1. The van der Waals surface area contributed by atoms with E-state index in [1.54, 1.807) is 6.07 Å². The second-order valence-electron chi connectivity index (χ2n) is 5.40. The van der Waals surface area contributed by atoms with Gasteiger partial charge in [-0.25, -0.2) is 4.39 Å². The summed E-state index contributed by atoms with van der Waals surface area (Å²) in [5, 5.41) is 13.6. The van der Waals surface area contributed by atoms with Gasteiger partial charge in [-0.2, -0.15) is 0 Å². The molecule has 0 spiro atoms. The quantitative estimate of drug-likeness (QED) is 0.699. The van der Waals surface area contributed by atoms with E-state index in [0.29, 0.717) is 10.7 Å². The highest BCUT2D eigenvalue weighted by Crippen LogP contribution is 2.14. The summed E-state index contributed by atoms with van der Waals surface area (Å²) in [5.74, 6) is -1.06. The van der Waals surface area contributed by atoms with Crippen LogP contribution in [0, 0.1) is 5.82 Å². The number of nitrogens with zero attached hydrogens (tertiary/aromatic N) is 2. The Labute approximate surface area is 153 Å². The fraction of sp³-hybridized carbons (Fsp3) is 0.111. The summed E-state index contributed by atoms with van der Waals surface area (Å²) in [6.07, 6.45) is 0.270. The number of anilines is 1. The molecule has 0 atom stereocenters. The summed E-state index contributed by atoms with van der Waals surface area (Å²) in [5.41, 5.74) is 1.25. The first-order valence-electron chi connectivity index (χ1n) is 7.80. The first-order valence-corrected chi connectivity index (χ1v) is 8.62. The predicted octanol–water partition coefficient (Wildman–Crippen LogP) is 2.79.